The Labute approximate surface area is 187 Å². The van der Waals surface area contributed by atoms with E-state index in [0.717, 1.165) is 15.7 Å². The number of carboxylic acid groups (broad SMARTS) is 1. The molecule has 32 heavy (non-hydrogen) atoms. The molecular weight excluding hydrogens is 410 g/mol. The zero-order chi connectivity index (χ0) is 23.6. The predicted octanol–water partition coefficient (Wildman–Crippen LogP) is 2.37. The summed E-state index contributed by atoms with van der Waals surface area (Å²) in [7, 11) is 3.24. The van der Waals surface area contributed by atoms with Crippen LogP contribution in [-0.4, -0.2) is 71.3 Å². The van der Waals surface area contributed by atoms with Gasteiger partial charge in [-0.25, -0.2) is 0 Å². The van der Waals surface area contributed by atoms with Crippen LogP contribution < -0.4 is 5.32 Å². The quantitative estimate of drug-likeness (QED) is 0.581. The van der Waals surface area contributed by atoms with Crippen molar-refractivity contribution in [2.75, 3.05) is 20.6 Å². The first-order valence-corrected chi connectivity index (χ1v) is 10.7. The van der Waals surface area contributed by atoms with Gasteiger partial charge in [0.05, 0.1) is 17.2 Å². The summed E-state index contributed by atoms with van der Waals surface area (Å²) in [5, 5.41) is 14.4. The van der Waals surface area contributed by atoms with Crippen molar-refractivity contribution in [3.63, 3.8) is 0 Å². The average molecular weight is 440 g/mol. The minimum absolute atomic E-state index is 0.00434. The number of carbonyl (C=O) groups is 4. The predicted molar refractivity (Wildman–Crippen MR) is 120 cm³/mol. The van der Waals surface area contributed by atoms with Gasteiger partial charge in [0.2, 0.25) is 5.91 Å². The average Bonchev–Trinajstić information content (AvgIpc) is 2.97. The molecule has 1 aliphatic rings. The van der Waals surface area contributed by atoms with Crippen LogP contribution in [0.25, 0.3) is 10.8 Å². The number of aliphatic carboxylic acids is 1. The molecule has 0 aromatic heterocycles. The number of imide groups is 1. The molecule has 3 amide bonds. The first-order chi connectivity index (χ1) is 15.1. The van der Waals surface area contributed by atoms with Gasteiger partial charge in [-0.1, -0.05) is 38.1 Å². The van der Waals surface area contributed by atoms with Crippen molar-refractivity contribution in [3.8, 4) is 0 Å². The maximum absolute atomic E-state index is 12.9. The molecule has 1 aliphatic heterocycles. The number of likely N-dealkylation sites (N-methyl/N-ethyl adjacent to an activating group) is 1. The largest absolute Gasteiger partial charge is 0.480 e. The molecule has 0 saturated carbocycles. The molecule has 170 valence electrons. The molecule has 0 fully saturated rings. The van der Waals surface area contributed by atoms with Gasteiger partial charge in [0.1, 0.15) is 6.04 Å². The fourth-order valence-corrected chi connectivity index (χ4v) is 3.98. The first-order valence-electron chi connectivity index (χ1n) is 10.7. The second-order valence-electron chi connectivity index (χ2n) is 8.77. The zero-order valence-corrected chi connectivity index (χ0v) is 18.8. The monoisotopic (exact) mass is 439 g/mol. The van der Waals surface area contributed by atoms with Crippen molar-refractivity contribution >= 4 is 34.5 Å². The highest BCUT2D eigenvalue weighted by Gasteiger charge is 2.37. The highest BCUT2D eigenvalue weighted by atomic mass is 16.4. The van der Waals surface area contributed by atoms with E-state index in [2.05, 4.69) is 5.32 Å². The van der Waals surface area contributed by atoms with Crippen LogP contribution in [-0.2, 0) is 9.59 Å². The number of carboxylic acids is 1. The van der Waals surface area contributed by atoms with Gasteiger partial charge in [-0.3, -0.25) is 29.4 Å². The lowest BCUT2D eigenvalue weighted by Gasteiger charge is -2.27. The number of fused-ring (bicyclic) bond motifs is 2. The number of amides is 3. The molecule has 2 atom stereocenters. The number of nitrogens with zero attached hydrogens (tertiary/aromatic N) is 2. The molecule has 2 N–H and O–H groups in total. The Balaban J connectivity index is 1.75. The molecule has 2 aromatic rings. The molecule has 0 bridgehead atoms. The van der Waals surface area contributed by atoms with Gasteiger partial charge in [0.15, 0.2) is 0 Å². The van der Waals surface area contributed by atoms with Crippen molar-refractivity contribution < 1.29 is 24.3 Å². The van der Waals surface area contributed by atoms with Crippen LogP contribution in [0.3, 0.4) is 0 Å². The molecule has 3 rings (SSSR count). The Bertz CT molecular complexity index is 1010. The second-order valence-corrected chi connectivity index (χ2v) is 8.77. The number of benzene rings is 2. The molecule has 1 unspecified atom stereocenters. The number of hydrogen-bond donors (Lipinski definition) is 2. The third-order valence-electron chi connectivity index (χ3n) is 5.62. The van der Waals surface area contributed by atoms with Crippen molar-refractivity contribution in [1.82, 2.24) is 15.1 Å². The summed E-state index contributed by atoms with van der Waals surface area (Å²) in [6, 6.07) is 9.12. The van der Waals surface area contributed by atoms with Crippen LogP contribution in [0.5, 0.6) is 0 Å². The highest BCUT2D eigenvalue weighted by molar-refractivity contribution is 6.23. The standard InChI is InChI=1S/C24H29N3O5/c1-14(2)11-20(23(30)26(3)4)25-19(24(31)32)9-10-27-21(28)17-12-15-7-5-6-8-16(15)13-18(17)22(27)29/h5-8,12-14,19-20,25H,9-11H2,1-4H3,(H,31,32)/t19?,20-/m1/s1. The van der Waals surface area contributed by atoms with Crippen molar-refractivity contribution in [3.05, 3.63) is 47.5 Å². The minimum atomic E-state index is -1.13. The zero-order valence-electron chi connectivity index (χ0n) is 18.8. The highest BCUT2D eigenvalue weighted by Crippen LogP contribution is 2.28. The van der Waals surface area contributed by atoms with E-state index < -0.39 is 29.9 Å². The van der Waals surface area contributed by atoms with Crippen LogP contribution in [0, 0.1) is 5.92 Å². The van der Waals surface area contributed by atoms with Crippen molar-refractivity contribution in [2.24, 2.45) is 5.92 Å². The molecule has 1 heterocycles. The molecule has 0 radical (unpaired) electrons. The van der Waals surface area contributed by atoms with Crippen LogP contribution >= 0.6 is 0 Å². The molecule has 8 heteroatoms. The molecule has 0 spiro atoms. The Kier molecular flexibility index (Phi) is 6.93. The lowest BCUT2D eigenvalue weighted by molar-refractivity contribution is -0.140. The fourth-order valence-electron chi connectivity index (χ4n) is 3.98. The smallest absolute Gasteiger partial charge is 0.320 e. The number of nitrogens with one attached hydrogen (secondary N) is 1. The van der Waals surface area contributed by atoms with Gasteiger partial charge in [0.25, 0.3) is 11.8 Å². The normalized spacial score (nSPS) is 15.2. The lowest BCUT2D eigenvalue weighted by atomic mass is 10.0. The van der Waals surface area contributed by atoms with E-state index in [-0.39, 0.29) is 24.8 Å². The van der Waals surface area contributed by atoms with E-state index in [1.807, 2.05) is 38.1 Å². The third-order valence-corrected chi connectivity index (χ3v) is 5.62. The van der Waals surface area contributed by atoms with E-state index in [9.17, 15) is 24.3 Å². The van der Waals surface area contributed by atoms with E-state index >= 15 is 0 Å². The van der Waals surface area contributed by atoms with E-state index in [4.69, 9.17) is 0 Å². The Morgan fingerprint density at radius 1 is 1.00 bits per heavy atom. The topological polar surface area (TPSA) is 107 Å². The Hall–Kier alpha value is -3.26. The Morgan fingerprint density at radius 2 is 1.53 bits per heavy atom. The summed E-state index contributed by atoms with van der Waals surface area (Å²) in [6.07, 6.45) is 0.468. The second kappa shape index (κ2) is 9.48. The summed E-state index contributed by atoms with van der Waals surface area (Å²) in [5.41, 5.74) is 0.656. The number of rotatable bonds is 9. The maximum atomic E-state index is 12.9. The van der Waals surface area contributed by atoms with Gasteiger partial charge in [-0.2, -0.15) is 0 Å². The SMILES string of the molecule is CC(C)C[C@@H](NC(CCN1C(=O)c2cc3ccccc3cc2C1=O)C(=O)O)C(=O)N(C)C. The van der Waals surface area contributed by atoms with Gasteiger partial charge >= 0.3 is 5.97 Å². The van der Waals surface area contributed by atoms with E-state index in [1.165, 1.54) is 4.90 Å². The van der Waals surface area contributed by atoms with E-state index in [1.54, 1.807) is 26.2 Å². The van der Waals surface area contributed by atoms with Crippen LogP contribution in [0.2, 0.25) is 0 Å². The number of carbonyl (C=O) groups excluding carboxylic acids is 3. The maximum Gasteiger partial charge on any atom is 0.320 e. The van der Waals surface area contributed by atoms with Crippen molar-refractivity contribution in [2.45, 2.75) is 38.8 Å². The molecular formula is C24H29N3O5. The van der Waals surface area contributed by atoms with Gasteiger partial charge in [-0.05, 0) is 41.7 Å². The third kappa shape index (κ3) is 4.80. The van der Waals surface area contributed by atoms with Crippen LogP contribution in [0.15, 0.2) is 36.4 Å². The van der Waals surface area contributed by atoms with Gasteiger partial charge in [-0.15, -0.1) is 0 Å². The summed E-state index contributed by atoms with van der Waals surface area (Å²) >= 11 is 0. The summed E-state index contributed by atoms with van der Waals surface area (Å²) in [6.45, 7) is 3.85. The number of hydrogen-bond acceptors (Lipinski definition) is 5. The van der Waals surface area contributed by atoms with E-state index in [0.29, 0.717) is 17.5 Å². The molecule has 8 nitrogen and oxygen atoms in total. The summed E-state index contributed by atoms with van der Waals surface area (Å²) in [5.74, 6) is -2.02. The molecule has 0 aliphatic carbocycles. The fraction of sp³-hybridized carbons (Fsp3) is 0.417. The lowest BCUT2D eigenvalue weighted by Crippen LogP contribution is -2.52. The van der Waals surface area contributed by atoms with Gasteiger partial charge in [0, 0.05) is 20.6 Å². The minimum Gasteiger partial charge on any atom is -0.480 e. The van der Waals surface area contributed by atoms with Crippen LogP contribution in [0.4, 0.5) is 0 Å². The first kappa shape index (κ1) is 23.4. The van der Waals surface area contributed by atoms with Gasteiger partial charge < -0.3 is 10.0 Å². The van der Waals surface area contributed by atoms with Crippen molar-refractivity contribution in [1.29, 1.82) is 0 Å². The summed E-state index contributed by atoms with van der Waals surface area (Å²) in [4.78, 5) is 52.7. The Morgan fingerprint density at radius 3 is 1.97 bits per heavy atom. The molecule has 2 aromatic carbocycles. The molecule has 0 saturated heterocycles. The summed E-state index contributed by atoms with van der Waals surface area (Å²) < 4.78 is 0. The van der Waals surface area contributed by atoms with Crippen LogP contribution in [0.1, 0.15) is 47.4 Å².